The van der Waals surface area contributed by atoms with Crippen LogP contribution in [0.25, 0.3) is 5.76 Å². The van der Waals surface area contributed by atoms with Crippen LogP contribution in [0.2, 0.25) is 0 Å². The second-order valence-corrected chi connectivity index (χ2v) is 3.76. The maximum Gasteiger partial charge on any atom is 0.122 e. The predicted octanol–water partition coefficient (Wildman–Crippen LogP) is 4.04. The molecule has 0 spiro atoms. The molecule has 1 aromatic carbocycles. The van der Waals surface area contributed by atoms with E-state index in [0.29, 0.717) is 0 Å². The van der Waals surface area contributed by atoms with Crippen LogP contribution in [0.3, 0.4) is 0 Å². The molecule has 0 aliphatic carbocycles. The van der Waals surface area contributed by atoms with Gasteiger partial charge in [0.1, 0.15) is 17.6 Å². The Kier molecular flexibility index (Phi) is 5.34. The zero-order valence-corrected chi connectivity index (χ0v) is 10.8. The summed E-state index contributed by atoms with van der Waals surface area (Å²) in [4.78, 5) is 0. The molecule has 92 valence electrons. The minimum absolute atomic E-state index is 0.0222. The summed E-state index contributed by atoms with van der Waals surface area (Å²) in [5.74, 6) is 1.74. The number of hydrogen-bond donors (Lipinski definition) is 0. The van der Waals surface area contributed by atoms with E-state index < -0.39 is 0 Å². The van der Waals surface area contributed by atoms with Gasteiger partial charge in [-0.15, -0.1) is 0 Å². The van der Waals surface area contributed by atoms with E-state index in [0.717, 1.165) is 23.5 Å². The Balaban J connectivity index is 2.80. The molecule has 0 saturated heterocycles. The molecular formula is C15H20O2. The fraction of sp³-hybridized carbons (Fsp3) is 0.333. The monoisotopic (exact) mass is 232 g/mol. The third-order valence-electron chi connectivity index (χ3n) is 2.40. The maximum absolute atomic E-state index is 5.61. The van der Waals surface area contributed by atoms with Crippen LogP contribution in [0.15, 0.2) is 43.0 Å². The number of ether oxygens (including phenoxy) is 2. The van der Waals surface area contributed by atoms with Crippen molar-refractivity contribution in [2.24, 2.45) is 0 Å². The van der Waals surface area contributed by atoms with E-state index in [1.165, 1.54) is 0 Å². The van der Waals surface area contributed by atoms with Crippen molar-refractivity contribution < 1.29 is 9.47 Å². The van der Waals surface area contributed by atoms with E-state index in [1.54, 1.807) is 13.2 Å². The van der Waals surface area contributed by atoms with Gasteiger partial charge in [-0.2, -0.15) is 0 Å². The Morgan fingerprint density at radius 1 is 1.35 bits per heavy atom. The van der Waals surface area contributed by atoms with Gasteiger partial charge < -0.3 is 9.47 Å². The van der Waals surface area contributed by atoms with Gasteiger partial charge in [0.2, 0.25) is 0 Å². The molecule has 0 N–H and O–H groups in total. The zero-order chi connectivity index (χ0) is 12.7. The smallest absolute Gasteiger partial charge is 0.122 e. The third-order valence-corrected chi connectivity index (χ3v) is 2.40. The summed E-state index contributed by atoms with van der Waals surface area (Å²) in [6.07, 6.45) is 4.80. The van der Waals surface area contributed by atoms with Crippen LogP contribution in [0.4, 0.5) is 0 Å². The van der Waals surface area contributed by atoms with Gasteiger partial charge in [-0.25, -0.2) is 0 Å². The normalized spacial score (nSPS) is 13.0. The summed E-state index contributed by atoms with van der Waals surface area (Å²) in [5, 5.41) is 0. The van der Waals surface area contributed by atoms with Gasteiger partial charge >= 0.3 is 0 Å². The first-order valence-electron chi connectivity index (χ1n) is 5.85. The Labute approximate surface area is 104 Å². The van der Waals surface area contributed by atoms with E-state index in [1.807, 2.05) is 31.2 Å². The maximum atomic E-state index is 5.61. The molecule has 1 atom stereocenters. The molecule has 0 aliphatic rings. The van der Waals surface area contributed by atoms with Gasteiger partial charge in [0.15, 0.2) is 0 Å². The van der Waals surface area contributed by atoms with E-state index >= 15 is 0 Å². The highest BCUT2D eigenvalue weighted by atomic mass is 16.5. The van der Waals surface area contributed by atoms with Crippen LogP contribution in [0, 0.1) is 0 Å². The largest absolute Gasteiger partial charge is 0.496 e. The predicted molar refractivity (Wildman–Crippen MR) is 72.0 cm³/mol. The molecule has 0 aromatic heterocycles. The lowest BCUT2D eigenvalue weighted by molar-refractivity contribution is 0.270. The van der Waals surface area contributed by atoms with Gasteiger partial charge in [0, 0.05) is 5.56 Å². The standard InChI is InChI=1S/C15H20O2/c1-5-7-15(16-4)13-8-10-14(11-9-13)17-12(3)6-2/h6-12H,2,5H2,1,3-4H3. The highest BCUT2D eigenvalue weighted by Gasteiger charge is 2.02. The molecule has 1 aromatic rings. The molecule has 0 heterocycles. The molecule has 17 heavy (non-hydrogen) atoms. The summed E-state index contributed by atoms with van der Waals surface area (Å²) < 4.78 is 10.9. The molecule has 0 fully saturated rings. The quantitative estimate of drug-likeness (QED) is 0.544. The fourth-order valence-electron chi connectivity index (χ4n) is 1.46. The Hall–Kier alpha value is -1.70. The van der Waals surface area contributed by atoms with Crippen molar-refractivity contribution in [3.8, 4) is 5.75 Å². The third kappa shape index (κ3) is 3.99. The van der Waals surface area contributed by atoms with Crippen molar-refractivity contribution in [1.82, 2.24) is 0 Å². The number of allylic oxidation sites excluding steroid dienone is 1. The van der Waals surface area contributed by atoms with Gasteiger partial charge in [-0.1, -0.05) is 19.6 Å². The molecule has 0 saturated carbocycles. The number of benzene rings is 1. The molecule has 0 bridgehead atoms. The minimum Gasteiger partial charge on any atom is -0.496 e. The highest BCUT2D eigenvalue weighted by Crippen LogP contribution is 2.20. The van der Waals surface area contributed by atoms with E-state index in [9.17, 15) is 0 Å². The van der Waals surface area contributed by atoms with Crippen LogP contribution in [-0.2, 0) is 4.74 Å². The summed E-state index contributed by atoms with van der Waals surface area (Å²) in [5.41, 5.74) is 1.06. The summed E-state index contributed by atoms with van der Waals surface area (Å²) in [6, 6.07) is 7.88. The molecule has 1 unspecified atom stereocenters. The summed E-state index contributed by atoms with van der Waals surface area (Å²) in [7, 11) is 1.69. The number of methoxy groups -OCH3 is 1. The average Bonchev–Trinajstić information content (AvgIpc) is 2.37. The van der Waals surface area contributed by atoms with Crippen molar-refractivity contribution in [1.29, 1.82) is 0 Å². The minimum atomic E-state index is 0.0222. The molecule has 0 radical (unpaired) electrons. The van der Waals surface area contributed by atoms with Gasteiger partial charge in [0.05, 0.1) is 7.11 Å². The van der Waals surface area contributed by atoms with Crippen LogP contribution < -0.4 is 4.74 Å². The van der Waals surface area contributed by atoms with Crippen LogP contribution in [0.1, 0.15) is 25.8 Å². The van der Waals surface area contributed by atoms with E-state index in [-0.39, 0.29) is 6.10 Å². The molecule has 2 heteroatoms. The first-order valence-corrected chi connectivity index (χ1v) is 5.85. The van der Waals surface area contributed by atoms with E-state index in [4.69, 9.17) is 9.47 Å². The molecule has 2 nitrogen and oxygen atoms in total. The second kappa shape index (κ2) is 6.79. The zero-order valence-electron chi connectivity index (χ0n) is 10.8. The molecule has 0 amide bonds. The van der Waals surface area contributed by atoms with Gasteiger partial charge in [-0.05, 0) is 43.7 Å². The molecular weight excluding hydrogens is 212 g/mol. The fourth-order valence-corrected chi connectivity index (χ4v) is 1.46. The SMILES string of the molecule is C=CC(C)Oc1ccc(C(=CCC)OC)cc1. The van der Waals surface area contributed by atoms with Crippen molar-refractivity contribution in [2.75, 3.05) is 7.11 Å². The Bertz CT molecular complexity index is 376. The lowest BCUT2D eigenvalue weighted by atomic mass is 10.1. The Morgan fingerprint density at radius 2 is 2.00 bits per heavy atom. The first-order chi connectivity index (χ1) is 8.21. The van der Waals surface area contributed by atoms with Crippen molar-refractivity contribution in [3.63, 3.8) is 0 Å². The number of rotatable bonds is 6. The lowest BCUT2D eigenvalue weighted by Crippen LogP contribution is -2.07. The lowest BCUT2D eigenvalue weighted by Gasteiger charge is -2.11. The summed E-state index contributed by atoms with van der Waals surface area (Å²) in [6.45, 7) is 7.73. The van der Waals surface area contributed by atoms with Crippen LogP contribution in [-0.4, -0.2) is 13.2 Å². The Morgan fingerprint density at radius 3 is 2.47 bits per heavy atom. The van der Waals surface area contributed by atoms with Gasteiger partial charge in [0.25, 0.3) is 0 Å². The molecule has 1 rings (SSSR count). The van der Waals surface area contributed by atoms with E-state index in [2.05, 4.69) is 19.6 Å². The van der Waals surface area contributed by atoms with Crippen molar-refractivity contribution in [3.05, 3.63) is 48.6 Å². The number of hydrogen-bond acceptors (Lipinski definition) is 2. The van der Waals surface area contributed by atoms with Crippen LogP contribution >= 0.6 is 0 Å². The molecule has 0 aliphatic heterocycles. The highest BCUT2D eigenvalue weighted by molar-refractivity contribution is 5.60. The van der Waals surface area contributed by atoms with Crippen molar-refractivity contribution >= 4 is 5.76 Å². The summed E-state index contributed by atoms with van der Waals surface area (Å²) >= 11 is 0. The first kappa shape index (κ1) is 13.4. The average molecular weight is 232 g/mol. The topological polar surface area (TPSA) is 18.5 Å². The van der Waals surface area contributed by atoms with Crippen molar-refractivity contribution in [2.45, 2.75) is 26.4 Å². The second-order valence-electron chi connectivity index (χ2n) is 3.76. The van der Waals surface area contributed by atoms with Crippen LogP contribution in [0.5, 0.6) is 5.75 Å². The van der Waals surface area contributed by atoms with Gasteiger partial charge in [-0.3, -0.25) is 0 Å².